The Morgan fingerprint density at radius 3 is 2.75 bits per heavy atom. The van der Waals surface area contributed by atoms with Crippen molar-refractivity contribution < 1.29 is 4.74 Å². The molecule has 2 aromatic rings. The topological polar surface area (TPSA) is 47.0 Å². The Kier molecular flexibility index (Phi) is 3.48. The quantitative estimate of drug-likeness (QED) is 0.930. The molecule has 0 bridgehead atoms. The Hall–Kier alpha value is -1.04. The highest BCUT2D eigenvalue weighted by Gasteiger charge is 2.09. The normalized spacial score (nSPS) is 10.2. The van der Waals surface area contributed by atoms with Crippen LogP contribution in [0.2, 0.25) is 10.2 Å². The number of ether oxygens (including phenoxy) is 1. The predicted molar refractivity (Wildman–Crippen MR) is 66.2 cm³/mol. The number of aromatic nitrogens is 2. The molecule has 2 rings (SSSR count). The molecule has 0 saturated carbocycles. The van der Waals surface area contributed by atoms with Gasteiger partial charge in [-0.1, -0.05) is 23.2 Å². The largest absolute Gasteiger partial charge is 0.495 e. The van der Waals surface area contributed by atoms with E-state index < -0.39 is 0 Å². The lowest BCUT2D eigenvalue weighted by atomic mass is 10.3. The van der Waals surface area contributed by atoms with Gasteiger partial charge in [-0.2, -0.15) is 8.75 Å². The molecule has 0 aliphatic rings. The van der Waals surface area contributed by atoms with E-state index in [2.05, 4.69) is 14.1 Å². The first-order valence-electron chi connectivity index (χ1n) is 4.29. The van der Waals surface area contributed by atoms with Crippen molar-refractivity contribution in [1.82, 2.24) is 8.75 Å². The van der Waals surface area contributed by atoms with E-state index in [4.69, 9.17) is 27.9 Å². The summed E-state index contributed by atoms with van der Waals surface area (Å²) in [5, 5.41) is 3.93. The zero-order chi connectivity index (χ0) is 11.5. The van der Waals surface area contributed by atoms with Crippen LogP contribution in [0.5, 0.6) is 5.75 Å². The number of rotatable bonds is 3. The molecule has 1 N–H and O–H groups in total. The molecular weight excluding hydrogens is 269 g/mol. The number of anilines is 2. The van der Waals surface area contributed by atoms with E-state index in [0.29, 0.717) is 27.4 Å². The van der Waals surface area contributed by atoms with E-state index in [1.54, 1.807) is 25.3 Å². The van der Waals surface area contributed by atoms with Gasteiger partial charge in [0, 0.05) is 5.02 Å². The van der Waals surface area contributed by atoms with Crippen molar-refractivity contribution in [1.29, 1.82) is 0 Å². The molecule has 0 atom stereocenters. The number of hydrogen-bond donors (Lipinski definition) is 1. The molecule has 0 radical (unpaired) electrons. The van der Waals surface area contributed by atoms with Gasteiger partial charge in [0.2, 0.25) is 0 Å². The maximum Gasteiger partial charge on any atom is 0.187 e. The van der Waals surface area contributed by atoms with Crippen molar-refractivity contribution in [2.75, 3.05) is 12.4 Å². The molecule has 1 aromatic carbocycles. The number of halogens is 2. The fourth-order valence-electron chi connectivity index (χ4n) is 1.16. The predicted octanol–water partition coefficient (Wildman–Crippen LogP) is 3.60. The Morgan fingerprint density at radius 2 is 2.12 bits per heavy atom. The molecule has 16 heavy (non-hydrogen) atoms. The van der Waals surface area contributed by atoms with Crippen molar-refractivity contribution in [2.45, 2.75) is 0 Å². The van der Waals surface area contributed by atoms with Crippen LogP contribution in [0, 0.1) is 0 Å². The van der Waals surface area contributed by atoms with Crippen molar-refractivity contribution in [3.05, 3.63) is 28.4 Å². The van der Waals surface area contributed by atoms with Crippen LogP contribution in [0.25, 0.3) is 0 Å². The summed E-state index contributed by atoms with van der Waals surface area (Å²) < 4.78 is 13.0. The second-order valence-corrected chi connectivity index (χ2v) is 4.20. The molecule has 0 spiro atoms. The second-order valence-electron chi connectivity index (χ2n) is 2.87. The maximum absolute atomic E-state index is 5.89. The van der Waals surface area contributed by atoms with Gasteiger partial charge in [-0.05, 0) is 18.2 Å². The van der Waals surface area contributed by atoms with E-state index in [-0.39, 0.29) is 0 Å². The highest BCUT2D eigenvalue weighted by molar-refractivity contribution is 6.99. The smallest absolute Gasteiger partial charge is 0.187 e. The van der Waals surface area contributed by atoms with Gasteiger partial charge >= 0.3 is 0 Å². The first-order chi connectivity index (χ1) is 7.70. The average molecular weight is 276 g/mol. The number of nitrogens with one attached hydrogen (secondary N) is 1. The fraction of sp³-hybridized carbons (Fsp3) is 0.111. The molecule has 0 fully saturated rings. The number of methoxy groups -OCH3 is 1. The van der Waals surface area contributed by atoms with Crippen molar-refractivity contribution >= 4 is 46.4 Å². The van der Waals surface area contributed by atoms with E-state index in [1.807, 2.05) is 0 Å². The van der Waals surface area contributed by atoms with Gasteiger partial charge in [0.1, 0.15) is 5.75 Å². The summed E-state index contributed by atoms with van der Waals surface area (Å²) in [5.41, 5.74) is 0.699. The van der Waals surface area contributed by atoms with Crippen LogP contribution in [0.3, 0.4) is 0 Å². The molecular formula is C9H7Cl2N3OS. The van der Waals surface area contributed by atoms with E-state index in [9.17, 15) is 0 Å². The summed E-state index contributed by atoms with van der Waals surface area (Å²) in [6, 6.07) is 5.24. The number of nitrogens with zero attached hydrogens (tertiary/aromatic N) is 2. The van der Waals surface area contributed by atoms with Gasteiger partial charge in [-0.15, -0.1) is 0 Å². The number of benzene rings is 1. The third kappa shape index (κ3) is 2.37. The minimum Gasteiger partial charge on any atom is -0.495 e. The zero-order valence-electron chi connectivity index (χ0n) is 8.20. The molecule has 0 amide bonds. The van der Waals surface area contributed by atoms with Crippen molar-refractivity contribution in [3.8, 4) is 5.75 Å². The first kappa shape index (κ1) is 11.4. The lowest BCUT2D eigenvalue weighted by molar-refractivity contribution is 0.417. The van der Waals surface area contributed by atoms with Crippen LogP contribution in [-0.2, 0) is 0 Å². The minimum atomic E-state index is 0.326. The van der Waals surface area contributed by atoms with Crippen LogP contribution in [0.4, 0.5) is 11.5 Å². The van der Waals surface area contributed by atoms with E-state index >= 15 is 0 Å². The summed E-state index contributed by atoms with van der Waals surface area (Å²) >= 11 is 12.8. The summed E-state index contributed by atoms with van der Waals surface area (Å²) in [4.78, 5) is 0. The van der Waals surface area contributed by atoms with Gasteiger partial charge in [0.25, 0.3) is 0 Å². The molecule has 7 heteroatoms. The third-order valence-corrected chi connectivity index (χ3v) is 2.99. The van der Waals surface area contributed by atoms with Crippen molar-refractivity contribution in [3.63, 3.8) is 0 Å². The Balaban J connectivity index is 2.33. The molecule has 84 valence electrons. The molecule has 1 aromatic heterocycles. The molecule has 1 heterocycles. The monoisotopic (exact) mass is 275 g/mol. The molecule has 0 unspecified atom stereocenters. The van der Waals surface area contributed by atoms with Crippen LogP contribution < -0.4 is 10.1 Å². The van der Waals surface area contributed by atoms with Crippen LogP contribution in [-0.4, -0.2) is 15.9 Å². The highest BCUT2D eigenvalue weighted by Crippen LogP contribution is 2.31. The van der Waals surface area contributed by atoms with Gasteiger partial charge in [0.05, 0.1) is 24.5 Å². The lowest BCUT2D eigenvalue weighted by Crippen LogP contribution is -1.95. The highest BCUT2D eigenvalue weighted by atomic mass is 35.5. The Morgan fingerprint density at radius 1 is 1.31 bits per heavy atom. The van der Waals surface area contributed by atoms with Gasteiger partial charge < -0.3 is 10.1 Å². The molecule has 0 aliphatic carbocycles. The first-order valence-corrected chi connectivity index (χ1v) is 5.78. The van der Waals surface area contributed by atoms with Crippen LogP contribution >= 0.6 is 34.9 Å². The van der Waals surface area contributed by atoms with Gasteiger partial charge in [0.15, 0.2) is 11.0 Å². The third-order valence-electron chi connectivity index (χ3n) is 1.86. The molecule has 0 saturated heterocycles. The van der Waals surface area contributed by atoms with E-state index in [0.717, 1.165) is 11.7 Å². The Bertz CT molecular complexity index is 503. The van der Waals surface area contributed by atoms with Crippen molar-refractivity contribution in [2.24, 2.45) is 0 Å². The summed E-state index contributed by atoms with van der Waals surface area (Å²) in [6.07, 6.45) is 0. The average Bonchev–Trinajstić information content (AvgIpc) is 2.65. The Labute approximate surface area is 106 Å². The zero-order valence-corrected chi connectivity index (χ0v) is 10.5. The van der Waals surface area contributed by atoms with Crippen LogP contribution in [0.1, 0.15) is 0 Å². The number of hydrogen-bond acceptors (Lipinski definition) is 5. The molecule has 4 nitrogen and oxygen atoms in total. The minimum absolute atomic E-state index is 0.326. The SMILES string of the molecule is COc1ccc(Cl)cc1Nc1nsnc1Cl. The van der Waals surface area contributed by atoms with Gasteiger partial charge in [-0.25, -0.2) is 0 Å². The maximum atomic E-state index is 5.89. The van der Waals surface area contributed by atoms with Gasteiger partial charge in [-0.3, -0.25) is 0 Å². The lowest BCUT2D eigenvalue weighted by Gasteiger charge is -2.09. The second kappa shape index (κ2) is 4.86. The fourth-order valence-corrected chi connectivity index (χ4v) is 1.97. The van der Waals surface area contributed by atoms with Crippen LogP contribution in [0.15, 0.2) is 18.2 Å². The molecule has 0 aliphatic heterocycles. The van der Waals surface area contributed by atoms with E-state index in [1.165, 1.54) is 0 Å². The standard InChI is InChI=1S/C9H7Cl2N3OS/c1-15-7-3-2-5(10)4-6(7)12-9-8(11)13-16-14-9/h2-4H,1H3,(H,12,14). The summed E-state index contributed by atoms with van der Waals surface area (Å²) in [7, 11) is 1.58. The summed E-state index contributed by atoms with van der Waals surface area (Å²) in [5.74, 6) is 1.15. The summed E-state index contributed by atoms with van der Waals surface area (Å²) in [6.45, 7) is 0.